The maximum atomic E-state index is 13.4. The van der Waals surface area contributed by atoms with Gasteiger partial charge in [0.15, 0.2) is 17.9 Å². The number of anilines is 1. The van der Waals surface area contributed by atoms with Crippen LogP contribution in [0.5, 0.6) is 0 Å². The first-order chi connectivity index (χ1) is 10.3. The van der Waals surface area contributed by atoms with Gasteiger partial charge in [-0.1, -0.05) is 11.8 Å². The number of halogens is 1. The van der Waals surface area contributed by atoms with Crippen molar-refractivity contribution in [3.05, 3.63) is 22.5 Å². The molecule has 1 fully saturated rings. The van der Waals surface area contributed by atoms with Crippen LogP contribution >= 0.6 is 19.1 Å². The van der Waals surface area contributed by atoms with Crippen LogP contribution in [0.1, 0.15) is 13.2 Å². The predicted molar refractivity (Wildman–Crippen MR) is 80.3 cm³/mol. The third-order valence-corrected chi connectivity index (χ3v) is 5.15. The normalized spacial score (nSPS) is 24.3. The van der Waals surface area contributed by atoms with Crippen molar-refractivity contribution in [2.75, 3.05) is 31.1 Å². The van der Waals surface area contributed by atoms with E-state index in [0.717, 1.165) is 10.8 Å². The lowest BCUT2D eigenvalue weighted by Crippen LogP contribution is -2.29. The first-order valence-electron chi connectivity index (χ1n) is 6.46. The number of rotatable bonds is 6. The van der Waals surface area contributed by atoms with Crippen molar-refractivity contribution in [2.24, 2.45) is 0 Å². The van der Waals surface area contributed by atoms with Gasteiger partial charge < -0.3 is 19.7 Å². The molecule has 1 aliphatic heterocycles. The summed E-state index contributed by atoms with van der Waals surface area (Å²) in [5.41, 5.74) is 3.80. The Morgan fingerprint density at radius 2 is 2.41 bits per heavy atom. The fourth-order valence-corrected chi connectivity index (χ4v) is 3.83. The minimum Gasteiger partial charge on any atom is -0.381 e. The third-order valence-electron chi connectivity index (χ3n) is 2.73. The number of thioether (sulfide) groups is 1. The summed E-state index contributed by atoms with van der Waals surface area (Å²) in [5.74, 6) is -0.895. The van der Waals surface area contributed by atoms with Crippen LogP contribution in [-0.4, -0.2) is 40.5 Å². The molecule has 0 amide bonds. The molecule has 0 aliphatic carbocycles. The first-order valence-corrected chi connectivity index (χ1v) is 9.77. The molecular formula is C11H17FN3O5PS. The van der Waals surface area contributed by atoms with Crippen LogP contribution in [0.4, 0.5) is 10.2 Å². The van der Waals surface area contributed by atoms with Crippen molar-refractivity contribution in [2.45, 2.75) is 18.8 Å². The van der Waals surface area contributed by atoms with Gasteiger partial charge in [0.1, 0.15) is 6.35 Å². The van der Waals surface area contributed by atoms with Gasteiger partial charge in [-0.15, -0.1) is 0 Å². The molecule has 2 N–H and O–H groups in total. The van der Waals surface area contributed by atoms with Crippen molar-refractivity contribution in [3.8, 4) is 0 Å². The Labute approximate surface area is 130 Å². The maximum absolute atomic E-state index is 13.4. The number of hydrogen-bond donors (Lipinski definition) is 1. The van der Waals surface area contributed by atoms with Gasteiger partial charge in [-0.25, -0.2) is 9.18 Å². The molecule has 0 aromatic carbocycles. The standard InChI is InChI=1S/C11H17FN3O5PS/c1-3-19-21(2,17)6-18-11-20-8(5-22-11)15-4-7(12)9(13)14-10(15)16/h4,8,11H,3,5-6H2,1-2H3,(H2,13,14,16). The van der Waals surface area contributed by atoms with E-state index in [-0.39, 0.29) is 6.35 Å². The summed E-state index contributed by atoms with van der Waals surface area (Å²) in [6, 6.07) is 0. The Kier molecular flexibility index (Phi) is 5.62. The van der Waals surface area contributed by atoms with Gasteiger partial charge in [0.2, 0.25) is 13.0 Å². The molecule has 0 spiro atoms. The zero-order valence-corrected chi connectivity index (χ0v) is 13.8. The Morgan fingerprint density at radius 1 is 1.68 bits per heavy atom. The zero-order chi connectivity index (χ0) is 16.3. The van der Waals surface area contributed by atoms with Gasteiger partial charge >= 0.3 is 5.69 Å². The van der Waals surface area contributed by atoms with Crippen LogP contribution in [0.3, 0.4) is 0 Å². The van der Waals surface area contributed by atoms with Crippen LogP contribution < -0.4 is 11.4 Å². The molecule has 22 heavy (non-hydrogen) atoms. The summed E-state index contributed by atoms with van der Waals surface area (Å²) in [7, 11) is -2.83. The van der Waals surface area contributed by atoms with Crippen molar-refractivity contribution in [1.29, 1.82) is 0 Å². The fourth-order valence-electron chi connectivity index (χ4n) is 1.77. The monoisotopic (exact) mass is 353 g/mol. The summed E-state index contributed by atoms with van der Waals surface area (Å²) in [6.45, 7) is 3.53. The van der Waals surface area contributed by atoms with Crippen molar-refractivity contribution in [3.63, 3.8) is 0 Å². The second kappa shape index (κ2) is 7.10. The Morgan fingerprint density at radius 3 is 3.09 bits per heavy atom. The summed E-state index contributed by atoms with van der Waals surface area (Å²) >= 11 is 1.26. The molecule has 1 saturated heterocycles. The molecule has 124 valence electrons. The summed E-state index contributed by atoms with van der Waals surface area (Å²) in [6.07, 6.45) is 0.117. The van der Waals surface area contributed by atoms with E-state index in [1.165, 1.54) is 18.4 Å². The van der Waals surface area contributed by atoms with Gasteiger partial charge in [0.25, 0.3) is 0 Å². The van der Waals surface area contributed by atoms with Crippen molar-refractivity contribution >= 4 is 24.9 Å². The number of hydrogen-bond acceptors (Lipinski definition) is 8. The predicted octanol–water partition coefficient (Wildman–Crippen LogP) is 1.43. The quantitative estimate of drug-likeness (QED) is 0.766. The molecule has 11 heteroatoms. The average Bonchev–Trinajstić information content (AvgIpc) is 2.89. The number of ether oxygens (including phenoxy) is 2. The van der Waals surface area contributed by atoms with Crippen LogP contribution in [0.2, 0.25) is 0 Å². The molecule has 3 atom stereocenters. The van der Waals surface area contributed by atoms with Gasteiger partial charge in [0.05, 0.1) is 12.8 Å². The molecule has 2 heterocycles. The Bertz CT molecular complexity index is 643. The van der Waals surface area contributed by atoms with Crippen LogP contribution in [0, 0.1) is 5.82 Å². The SMILES string of the molecule is CCOP(C)(=O)COC1OC(n2cc(F)c(N)nc2=O)CS1. The van der Waals surface area contributed by atoms with Gasteiger partial charge in [-0.2, -0.15) is 4.98 Å². The molecule has 0 saturated carbocycles. The number of nitrogen functional groups attached to an aromatic ring is 1. The minimum atomic E-state index is -2.83. The maximum Gasteiger partial charge on any atom is 0.351 e. The smallest absolute Gasteiger partial charge is 0.351 e. The molecule has 0 radical (unpaired) electrons. The van der Waals surface area contributed by atoms with E-state index < -0.39 is 36.5 Å². The van der Waals surface area contributed by atoms with Crippen molar-refractivity contribution < 1.29 is 23.0 Å². The van der Waals surface area contributed by atoms with E-state index in [9.17, 15) is 13.8 Å². The molecular weight excluding hydrogens is 336 g/mol. The van der Waals surface area contributed by atoms with E-state index in [2.05, 4.69) is 4.98 Å². The Balaban J connectivity index is 1.97. The molecule has 2 rings (SSSR count). The Hall–Kier alpha value is -0.930. The summed E-state index contributed by atoms with van der Waals surface area (Å²) in [4.78, 5) is 15.1. The van der Waals surface area contributed by atoms with Gasteiger partial charge in [-0.05, 0) is 6.92 Å². The second-order valence-electron chi connectivity index (χ2n) is 4.60. The number of nitrogens with two attached hydrogens (primary N) is 1. The highest BCUT2D eigenvalue weighted by Crippen LogP contribution is 2.44. The largest absolute Gasteiger partial charge is 0.381 e. The highest BCUT2D eigenvalue weighted by Gasteiger charge is 2.31. The molecule has 1 aromatic heterocycles. The fraction of sp³-hybridized carbons (Fsp3) is 0.636. The topological polar surface area (TPSA) is 106 Å². The summed E-state index contributed by atoms with van der Waals surface area (Å²) in [5, 5.41) is 0. The van der Waals surface area contributed by atoms with Crippen LogP contribution in [-0.2, 0) is 18.6 Å². The first kappa shape index (κ1) is 17.4. The molecule has 3 unspecified atom stereocenters. The van der Waals surface area contributed by atoms with E-state index in [1.807, 2.05) is 0 Å². The molecule has 8 nitrogen and oxygen atoms in total. The lowest BCUT2D eigenvalue weighted by molar-refractivity contribution is -0.111. The van der Waals surface area contributed by atoms with E-state index >= 15 is 0 Å². The average molecular weight is 353 g/mol. The second-order valence-corrected chi connectivity index (χ2v) is 8.20. The summed E-state index contributed by atoms with van der Waals surface area (Å²) < 4.78 is 42.3. The minimum absolute atomic E-state index is 0.103. The molecule has 1 aromatic rings. The number of nitrogens with zero attached hydrogens (tertiary/aromatic N) is 2. The highest BCUT2D eigenvalue weighted by molar-refractivity contribution is 7.99. The van der Waals surface area contributed by atoms with E-state index in [1.54, 1.807) is 6.92 Å². The highest BCUT2D eigenvalue weighted by atomic mass is 32.2. The van der Waals surface area contributed by atoms with Crippen LogP contribution in [0.25, 0.3) is 0 Å². The van der Waals surface area contributed by atoms with Gasteiger partial charge in [-0.3, -0.25) is 9.13 Å². The van der Waals surface area contributed by atoms with E-state index in [4.69, 9.17) is 19.7 Å². The lowest BCUT2D eigenvalue weighted by atomic mass is 10.5. The van der Waals surface area contributed by atoms with Crippen molar-refractivity contribution in [1.82, 2.24) is 9.55 Å². The molecule has 1 aliphatic rings. The third kappa shape index (κ3) is 4.30. The zero-order valence-electron chi connectivity index (χ0n) is 12.1. The van der Waals surface area contributed by atoms with Crippen LogP contribution in [0.15, 0.2) is 11.0 Å². The lowest BCUT2D eigenvalue weighted by Gasteiger charge is -2.17. The van der Waals surface area contributed by atoms with Gasteiger partial charge in [0, 0.05) is 12.4 Å². The molecule has 0 bridgehead atoms. The number of aromatic nitrogens is 2. The van der Waals surface area contributed by atoms with E-state index in [0.29, 0.717) is 12.4 Å².